The summed E-state index contributed by atoms with van der Waals surface area (Å²) in [4.78, 5) is 25.6. The van der Waals surface area contributed by atoms with Crippen molar-refractivity contribution in [2.45, 2.75) is 20.5 Å². The van der Waals surface area contributed by atoms with Crippen molar-refractivity contribution in [1.82, 2.24) is 14.8 Å². The maximum Gasteiger partial charge on any atom is 0.329 e. The van der Waals surface area contributed by atoms with Crippen molar-refractivity contribution in [1.29, 1.82) is 0 Å². The molecule has 168 valence electrons. The molecule has 1 N–H and O–H groups in total. The highest BCUT2D eigenvalue weighted by Gasteiger charge is 2.32. The first kappa shape index (κ1) is 22.1. The number of carbonyl (C=O) groups excluding carboxylic acids is 2. The molecule has 1 saturated heterocycles. The van der Waals surface area contributed by atoms with E-state index in [1.54, 1.807) is 24.3 Å². The fourth-order valence-corrected chi connectivity index (χ4v) is 3.82. The highest BCUT2D eigenvalue weighted by molar-refractivity contribution is 6.14. The number of nitrogens with one attached hydrogen (secondary N) is 1. The summed E-state index contributed by atoms with van der Waals surface area (Å²) in [6, 6.07) is 15.5. The molecule has 0 unspecified atom stereocenters. The fourth-order valence-electron chi connectivity index (χ4n) is 3.82. The molecule has 2 heterocycles. The number of nitrogens with zero attached hydrogens (tertiary/aromatic N) is 2. The zero-order valence-corrected chi connectivity index (χ0v) is 18.5. The standard InChI is InChI=1S/C26H24FN3O3/c1-4-13-29-25(31)24(28-26(29)32)15-20-14-17(2)30(18(20)3)21-9-11-22(12-10-21)33-16-19-7-5-6-8-23(19)27/h4-12,14-15H,1,13,16H2,2-3H3,(H,28,32)/b24-15+. The molecule has 0 atom stereocenters. The third kappa shape index (κ3) is 4.43. The summed E-state index contributed by atoms with van der Waals surface area (Å²) in [7, 11) is 0. The molecular weight excluding hydrogens is 421 g/mol. The van der Waals surface area contributed by atoms with Crippen molar-refractivity contribution in [2.24, 2.45) is 0 Å². The van der Waals surface area contributed by atoms with Gasteiger partial charge in [-0.1, -0.05) is 24.3 Å². The maximum absolute atomic E-state index is 13.8. The molecule has 1 aliphatic rings. The average Bonchev–Trinajstić information content (AvgIpc) is 3.23. The Morgan fingerprint density at radius 2 is 1.82 bits per heavy atom. The monoisotopic (exact) mass is 445 g/mol. The van der Waals surface area contributed by atoms with Gasteiger partial charge >= 0.3 is 6.03 Å². The van der Waals surface area contributed by atoms with E-state index in [-0.39, 0.29) is 30.6 Å². The highest BCUT2D eigenvalue weighted by atomic mass is 19.1. The van der Waals surface area contributed by atoms with E-state index in [4.69, 9.17) is 4.74 Å². The molecule has 0 aliphatic carbocycles. The maximum atomic E-state index is 13.8. The van der Waals surface area contributed by atoms with E-state index < -0.39 is 6.03 Å². The number of benzene rings is 2. The minimum Gasteiger partial charge on any atom is -0.489 e. The van der Waals surface area contributed by atoms with E-state index >= 15 is 0 Å². The van der Waals surface area contributed by atoms with Gasteiger partial charge in [0.25, 0.3) is 5.91 Å². The predicted molar refractivity (Wildman–Crippen MR) is 124 cm³/mol. The van der Waals surface area contributed by atoms with Crippen molar-refractivity contribution in [3.63, 3.8) is 0 Å². The zero-order chi connectivity index (χ0) is 23.5. The Balaban J connectivity index is 1.53. The molecule has 0 saturated carbocycles. The molecular formula is C26H24FN3O3. The largest absolute Gasteiger partial charge is 0.489 e. The van der Waals surface area contributed by atoms with Gasteiger partial charge in [-0.05, 0) is 61.9 Å². The lowest BCUT2D eigenvalue weighted by atomic mass is 10.2. The van der Waals surface area contributed by atoms with Crippen LogP contribution in [-0.4, -0.2) is 28.0 Å². The number of imide groups is 1. The number of amides is 3. The first-order chi connectivity index (χ1) is 15.9. The Kier molecular flexibility index (Phi) is 6.13. The van der Waals surface area contributed by atoms with E-state index in [0.717, 1.165) is 27.5 Å². The number of hydrogen-bond donors (Lipinski definition) is 1. The van der Waals surface area contributed by atoms with Gasteiger partial charge < -0.3 is 14.6 Å². The third-order valence-electron chi connectivity index (χ3n) is 5.49. The lowest BCUT2D eigenvalue weighted by Gasteiger charge is -2.12. The lowest BCUT2D eigenvalue weighted by Crippen LogP contribution is -2.30. The van der Waals surface area contributed by atoms with Gasteiger partial charge in [0.2, 0.25) is 0 Å². The SMILES string of the molecule is C=CCN1C(=O)N/C(=C/c2cc(C)n(-c3ccc(OCc4ccccc4F)cc3)c2C)C1=O. The third-order valence-corrected chi connectivity index (χ3v) is 5.49. The summed E-state index contributed by atoms with van der Waals surface area (Å²) >= 11 is 0. The predicted octanol–water partition coefficient (Wildman–Crippen LogP) is 4.89. The van der Waals surface area contributed by atoms with Gasteiger partial charge in [-0.3, -0.25) is 9.69 Å². The molecule has 1 fully saturated rings. The molecule has 3 amide bonds. The van der Waals surface area contributed by atoms with Crippen LogP contribution in [0.4, 0.5) is 9.18 Å². The van der Waals surface area contributed by atoms with Crippen molar-refractivity contribution in [2.75, 3.05) is 6.54 Å². The van der Waals surface area contributed by atoms with Gasteiger partial charge in [-0.2, -0.15) is 0 Å². The van der Waals surface area contributed by atoms with Gasteiger partial charge in [0.15, 0.2) is 0 Å². The number of carbonyl (C=O) groups is 2. The quantitative estimate of drug-likeness (QED) is 0.320. The summed E-state index contributed by atoms with van der Waals surface area (Å²) in [5.74, 6) is -0.0339. The Labute approximate surface area is 191 Å². The van der Waals surface area contributed by atoms with Gasteiger partial charge in [0.05, 0.1) is 0 Å². The number of rotatable bonds is 7. The second-order valence-electron chi connectivity index (χ2n) is 7.73. The molecule has 1 aliphatic heterocycles. The van der Waals surface area contributed by atoms with Crippen LogP contribution in [0.2, 0.25) is 0 Å². The van der Waals surface area contributed by atoms with E-state index in [0.29, 0.717) is 11.3 Å². The minimum atomic E-state index is -0.453. The zero-order valence-electron chi connectivity index (χ0n) is 18.5. The first-order valence-corrected chi connectivity index (χ1v) is 10.5. The second-order valence-corrected chi connectivity index (χ2v) is 7.73. The van der Waals surface area contributed by atoms with Crippen LogP contribution in [0, 0.1) is 19.7 Å². The summed E-state index contributed by atoms with van der Waals surface area (Å²) in [6.07, 6.45) is 3.20. The molecule has 1 aromatic heterocycles. The second kappa shape index (κ2) is 9.16. The molecule has 33 heavy (non-hydrogen) atoms. The number of hydrogen-bond acceptors (Lipinski definition) is 3. The van der Waals surface area contributed by atoms with Crippen LogP contribution >= 0.6 is 0 Å². The van der Waals surface area contributed by atoms with E-state index in [9.17, 15) is 14.0 Å². The number of aryl methyl sites for hydroxylation is 1. The molecule has 0 spiro atoms. The smallest absolute Gasteiger partial charge is 0.329 e. The van der Waals surface area contributed by atoms with Gasteiger partial charge in [0.1, 0.15) is 23.9 Å². The van der Waals surface area contributed by atoms with Gasteiger partial charge in [0, 0.05) is 29.2 Å². The number of ether oxygens (including phenoxy) is 1. The average molecular weight is 445 g/mol. The summed E-state index contributed by atoms with van der Waals surface area (Å²) in [5, 5.41) is 2.62. The van der Waals surface area contributed by atoms with Crippen LogP contribution in [0.3, 0.4) is 0 Å². The Hall–Kier alpha value is -4.13. The Bertz CT molecular complexity index is 1260. The number of aromatic nitrogens is 1. The summed E-state index contributed by atoms with van der Waals surface area (Å²) in [5.41, 5.74) is 4.37. The highest BCUT2D eigenvalue weighted by Crippen LogP contribution is 2.25. The van der Waals surface area contributed by atoms with Crippen molar-refractivity contribution < 1.29 is 18.7 Å². The van der Waals surface area contributed by atoms with E-state index in [1.807, 2.05) is 44.2 Å². The van der Waals surface area contributed by atoms with Crippen LogP contribution in [0.5, 0.6) is 5.75 Å². The van der Waals surface area contributed by atoms with Gasteiger partial charge in [-0.15, -0.1) is 6.58 Å². The number of urea groups is 1. The number of halogens is 1. The normalized spacial score (nSPS) is 14.6. The molecule has 6 nitrogen and oxygen atoms in total. The Morgan fingerprint density at radius 3 is 2.52 bits per heavy atom. The van der Waals surface area contributed by atoms with Crippen LogP contribution in [0.25, 0.3) is 11.8 Å². The van der Waals surface area contributed by atoms with Crippen LogP contribution in [0.1, 0.15) is 22.5 Å². The minimum absolute atomic E-state index is 0.147. The topological polar surface area (TPSA) is 63.6 Å². The Morgan fingerprint density at radius 1 is 1.09 bits per heavy atom. The molecule has 2 aromatic carbocycles. The lowest BCUT2D eigenvalue weighted by molar-refractivity contribution is -0.122. The first-order valence-electron chi connectivity index (χ1n) is 10.5. The van der Waals surface area contributed by atoms with Crippen molar-refractivity contribution >= 4 is 18.0 Å². The van der Waals surface area contributed by atoms with Crippen LogP contribution in [-0.2, 0) is 11.4 Å². The molecule has 0 bridgehead atoms. The summed E-state index contributed by atoms with van der Waals surface area (Å²) in [6.45, 7) is 7.80. The summed E-state index contributed by atoms with van der Waals surface area (Å²) < 4.78 is 21.6. The molecule has 0 radical (unpaired) electrons. The fraction of sp³-hybridized carbons (Fsp3) is 0.154. The van der Waals surface area contributed by atoms with Crippen LogP contribution in [0.15, 0.2) is 72.9 Å². The molecule has 7 heteroatoms. The molecule has 4 rings (SSSR count). The van der Waals surface area contributed by atoms with Gasteiger partial charge in [-0.25, -0.2) is 9.18 Å². The molecule has 3 aromatic rings. The van der Waals surface area contributed by atoms with E-state index in [2.05, 4.69) is 16.5 Å². The van der Waals surface area contributed by atoms with Crippen molar-refractivity contribution in [3.8, 4) is 11.4 Å². The van der Waals surface area contributed by atoms with Crippen molar-refractivity contribution in [3.05, 3.63) is 101 Å². The van der Waals surface area contributed by atoms with Crippen LogP contribution < -0.4 is 10.1 Å². The van der Waals surface area contributed by atoms with E-state index in [1.165, 1.54) is 12.1 Å².